The second-order valence-corrected chi connectivity index (χ2v) is 4.67. The minimum atomic E-state index is -0.553. The molecule has 1 aromatic heterocycles. The zero-order chi connectivity index (χ0) is 13.1. The van der Waals surface area contributed by atoms with Crippen molar-refractivity contribution >= 4 is 39.1 Å². The molecule has 0 saturated carbocycles. The Balaban J connectivity index is 2.24. The van der Waals surface area contributed by atoms with Crippen molar-refractivity contribution in [2.75, 3.05) is 5.32 Å². The van der Waals surface area contributed by atoms with Gasteiger partial charge in [0, 0.05) is 5.02 Å². The number of carbonyl (C=O) groups excluding carboxylic acids is 1. The van der Waals surface area contributed by atoms with Crippen LogP contribution in [0.25, 0.3) is 0 Å². The molecule has 0 spiro atoms. The van der Waals surface area contributed by atoms with E-state index in [0.717, 1.165) is 0 Å². The second kappa shape index (κ2) is 5.46. The molecule has 0 atom stereocenters. The Bertz CT molecular complexity index is 606. The largest absolute Gasteiger partial charge is 0.318 e. The number of nitrogens with one attached hydrogen (secondary N) is 1. The zero-order valence-corrected chi connectivity index (χ0v) is 11.3. The van der Waals surface area contributed by atoms with Gasteiger partial charge in [-0.15, -0.1) is 0 Å². The summed E-state index contributed by atoms with van der Waals surface area (Å²) in [5.74, 6) is -1.06. The number of pyridine rings is 1. The van der Waals surface area contributed by atoms with E-state index >= 15 is 0 Å². The standard InChI is InChI=1S/C12H7BrClFN2O/c13-11-3-1-2-9(16-11)12(18)17-10-6-7(14)4-5-8(10)15/h1-6H,(H,17,18). The van der Waals surface area contributed by atoms with Gasteiger partial charge in [-0.3, -0.25) is 4.79 Å². The van der Waals surface area contributed by atoms with Gasteiger partial charge in [0.15, 0.2) is 0 Å². The number of anilines is 1. The van der Waals surface area contributed by atoms with Gasteiger partial charge in [0.05, 0.1) is 5.69 Å². The number of rotatable bonds is 2. The molecule has 0 aliphatic carbocycles. The summed E-state index contributed by atoms with van der Waals surface area (Å²) >= 11 is 8.89. The van der Waals surface area contributed by atoms with Crippen molar-refractivity contribution in [1.29, 1.82) is 0 Å². The van der Waals surface area contributed by atoms with E-state index in [1.54, 1.807) is 12.1 Å². The molecule has 1 aromatic carbocycles. The Hall–Kier alpha value is -1.46. The number of hydrogen-bond acceptors (Lipinski definition) is 2. The van der Waals surface area contributed by atoms with Gasteiger partial charge in [-0.2, -0.15) is 0 Å². The highest BCUT2D eigenvalue weighted by atomic mass is 79.9. The smallest absolute Gasteiger partial charge is 0.274 e. The van der Waals surface area contributed by atoms with Gasteiger partial charge in [-0.05, 0) is 46.3 Å². The Morgan fingerprint density at radius 3 is 2.83 bits per heavy atom. The lowest BCUT2D eigenvalue weighted by atomic mass is 10.3. The third kappa shape index (κ3) is 3.05. The molecule has 2 rings (SSSR count). The Labute approximate surface area is 116 Å². The van der Waals surface area contributed by atoms with Gasteiger partial charge in [-0.1, -0.05) is 17.7 Å². The summed E-state index contributed by atoms with van der Waals surface area (Å²) in [7, 11) is 0. The fourth-order valence-electron chi connectivity index (χ4n) is 1.31. The van der Waals surface area contributed by atoms with E-state index in [1.807, 2.05) is 0 Å². The van der Waals surface area contributed by atoms with E-state index in [2.05, 4.69) is 26.2 Å². The Kier molecular flexibility index (Phi) is 3.93. The van der Waals surface area contributed by atoms with Crippen molar-refractivity contribution in [2.45, 2.75) is 0 Å². The minimum Gasteiger partial charge on any atom is -0.318 e. The first-order chi connectivity index (χ1) is 8.56. The number of aromatic nitrogens is 1. The average Bonchev–Trinajstić information content (AvgIpc) is 2.34. The van der Waals surface area contributed by atoms with Crippen molar-refractivity contribution in [3.05, 3.63) is 57.5 Å². The highest BCUT2D eigenvalue weighted by molar-refractivity contribution is 9.10. The number of hydrogen-bond donors (Lipinski definition) is 1. The van der Waals surface area contributed by atoms with Crippen LogP contribution in [0.3, 0.4) is 0 Å². The average molecular weight is 330 g/mol. The number of carbonyl (C=O) groups is 1. The van der Waals surface area contributed by atoms with Crippen LogP contribution in [-0.2, 0) is 0 Å². The van der Waals surface area contributed by atoms with E-state index in [0.29, 0.717) is 9.63 Å². The van der Waals surface area contributed by atoms with Crippen molar-refractivity contribution in [2.24, 2.45) is 0 Å². The lowest BCUT2D eigenvalue weighted by molar-refractivity contribution is 0.102. The molecule has 18 heavy (non-hydrogen) atoms. The molecule has 0 unspecified atom stereocenters. The summed E-state index contributed by atoms with van der Waals surface area (Å²) in [6.07, 6.45) is 0. The SMILES string of the molecule is O=C(Nc1cc(Cl)ccc1F)c1cccc(Br)n1. The Morgan fingerprint density at radius 1 is 1.33 bits per heavy atom. The number of amides is 1. The van der Waals surface area contributed by atoms with Crippen LogP contribution < -0.4 is 5.32 Å². The fourth-order valence-corrected chi connectivity index (χ4v) is 1.83. The van der Waals surface area contributed by atoms with Crippen molar-refractivity contribution in [3.8, 4) is 0 Å². The highest BCUT2D eigenvalue weighted by Gasteiger charge is 2.11. The fraction of sp³-hybridized carbons (Fsp3) is 0. The third-order valence-electron chi connectivity index (χ3n) is 2.12. The molecule has 0 bridgehead atoms. The molecule has 0 radical (unpaired) electrons. The van der Waals surface area contributed by atoms with Crippen LogP contribution in [0.1, 0.15) is 10.5 Å². The molecule has 1 heterocycles. The van der Waals surface area contributed by atoms with Crippen LogP contribution in [0.5, 0.6) is 0 Å². The van der Waals surface area contributed by atoms with Crippen molar-refractivity contribution < 1.29 is 9.18 Å². The van der Waals surface area contributed by atoms with Crippen LogP contribution in [0.4, 0.5) is 10.1 Å². The van der Waals surface area contributed by atoms with E-state index in [4.69, 9.17) is 11.6 Å². The summed E-state index contributed by atoms with van der Waals surface area (Å²) in [5.41, 5.74) is 0.207. The molecular formula is C12H7BrClFN2O. The molecule has 1 N–H and O–H groups in total. The van der Waals surface area contributed by atoms with Gasteiger partial charge in [0.1, 0.15) is 16.1 Å². The van der Waals surface area contributed by atoms with E-state index < -0.39 is 11.7 Å². The maximum Gasteiger partial charge on any atom is 0.274 e. The third-order valence-corrected chi connectivity index (χ3v) is 2.80. The molecular weight excluding hydrogens is 322 g/mol. The normalized spacial score (nSPS) is 10.2. The van der Waals surface area contributed by atoms with E-state index in [9.17, 15) is 9.18 Å². The van der Waals surface area contributed by atoms with E-state index in [1.165, 1.54) is 24.3 Å². The van der Waals surface area contributed by atoms with Crippen LogP contribution in [0.2, 0.25) is 5.02 Å². The maximum absolute atomic E-state index is 13.4. The van der Waals surface area contributed by atoms with E-state index in [-0.39, 0.29) is 11.4 Å². The molecule has 1 amide bonds. The first-order valence-electron chi connectivity index (χ1n) is 4.95. The van der Waals surface area contributed by atoms with Gasteiger partial charge in [0.25, 0.3) is 5.91 Å². The Morgan fingerprint density at radius 2 is 2.11 bits per heavy atom. The zero-order valence-electron chi connectivity index (χ0n) is 8.95. The topological polar surface area (TPSA) is 42.0 Å². The molecule has 0 saturated heterocycles. The molecule has 3 nitrogen and oxygen atoms in total. The second-order valence-electron chi connectivity index (χ2n) is 3.42. The summed E-state index contributed by atoms with van der Waals surface area (Å²) in [5, 5.41) is 2.75. The molecule has 0 aliphatic rings. The van der Waals surface area contributed by atoms with Crippen molar-refractivity contribution in [3.63, 3.8) is 0 Å². The van der Waals surface area contributed by atoms with Crippen LogP contribution in [-0.4, -0.2) is 10.9 Å². The van der Waals surface area contributed by atoms with Gasteiger partial charge in [0.2, 0.25) is 0 Å². The molecule has 0 aliphatic heterocycles. The highest BCUT2D eigenvalue weighted by Crippen LogP contribution is 2.20. The predicted molar refractivity (Wildman–Crippen MR) is 71.3 cm³/mol. The summed E-state index contributed by atoms with van der Waals surface area (Å²) in [6.45, 7) is 0. The minimum absolute atomic E-state index is 0.0225. The first kappa shape index (κ1) is 13.0. The molecule has 92 valence electrons. The first-order valence-corrected chi connectivity index (χ1v) is 6.12. The number of halogens is 3. The van der Waals surface area contributed by atoms with Crippen LogP contribution in [0.15, 0.2) is 41.0 Å². The molecule has 2 aromatic rings. The van der Waals surface area contributed by atoms with Crippen LogP contribution in [0, 0.1) is 5.82 Å². The lowest BCUT2D eigenvalue weighted by Gasteiger charge is -2.06. The van der Waals surface area contributed by atoms with Gasteiger partial charge < -0.3 is 5.32 Å². The predicted octanol–water partition coefficient (Wildman–Crippen LogP) is 3.89. The quantitative estimate of drug-likeness (QED) is 0.849. The monoisotopic (exact) mass is 328 g/mol. The van der Waals surface area contributed by atoms with Gasteiger partial charge >= 0.3 is 0 Å². The number of nitrogens with zero attached hydrogens (tertiary/aromatic N) is 1. The molecule has 6 heteroatoms. The van der Waals surface area contributed by atoms with Crippen molar-refractivity contribution in [1.82, 2.24) is 4.98 Å². The summed E-state index contributed by atoms with van der Waals surface area (Å²) in [6, 6.07) is 8.82. The van der Waals surface area contributed by atoms with Gasteiger partial charge in [-0.25, -0.2) is 9.37 Å². The maximum atomic E-state index is 13.4. The number of benzene rings is 1. The van der Waals surface area contributed by atoms with Crippen LogP contribution >= 0.6 is 27.5 Å². The summed E-state index contributed by atoms with van der Waals surface area (Å²) in [4.78, 5) is 15.8. The lowest BCUT2D eigenvalue weighted by Crippen LogP contribution is -2.14. The summed E-state index contributed by atoms with van der Waals surface area (Å²) < 4.78 is 14.0. The molecule has 0 fully saturated rings.